The Hall–Kier alpha value is -1.29. The molecule has 20 heavy (non-hydrogen) atoms. The van der Waals surface area contributed by atoms with Crippen LogP contribution in [-0.2, 0) is 0 Å². The van der Waals surface area contributed by atoms with Crippen LogP contribution in [0.1, 0.15) is 55.8 Å². The first-order valence-electron chi connectivity index (χ1n) is 7.31. The summed E-state index contributed by atoms with van der Waals surface area (Å²) in [6.07, 6.45) is 6.60. The molecule has 1 aliphatic carbocycles. The molecule has 1 aromatic heterocycles. The van der Waals surface area contributed by atoms with Crippen molar-refractivity contribution >= 4 is 17.5 Å². The minimum absolute atomic E-state index is 0.118. The van der Waals surface area contributed by atoms with Gasteiger partial charge in [0.2, 0.25) is 5.88 Å². The lowest BCUT2D eigenvalue weighted by atomic mass is 9.95. The van der Waals surface area contributed by atoms with Crippen molar-refractivity contribution in [1.82, 2.24) is 10.3 Å². The van der Waals surface area contributed by atoms with E-state index in [1.807, 2.05) is 6.92 Å². The van der Waals surface area contributed by atoms with E-state index >= 15 is 0 Å². The predicted octanol–water partition coefficient (Wildman–Crippen LogP) is 3.59. The van der Waals surface area contributed by atoms with Gasteiger partial charge in [-0.2, -0.15) is 0 Å². The van der Waals surface area contributed by atoms with Crippen molar-refractivity contribution in [2.24, 2.45) is 0 Å². The minimum atomic E-state index is -0.118. The largest absolute Gasteiger partial charge is 0.477 e. The molecule has 0 saturated heterocycles. The van der Waals surface area contributed by atoms with Crippen LogP contribution in [0.15, 0.2) is 12.1 Å². The van der Waals surface area contributed by atoms with Gasteiger partial charge in [-0.1, -0.05) is 37.8 Å². The highest BCUT2D eigenvalue weighted by Crippen LogP contribution is 2.21. The number of rotatable bonds is 5. The molecule has 1 heterocycles. The Morgan fingerprint density at radius 3 is 2.85 bits per heavy atom. The number of ether oxygens (including phenoxy) is 1. The highest BCUT2D eigenvalue weighted by atomic mass is 35.5. The third-order valence-electron chi connectivity index (χ3n) is 3.45. The van der Waals surface area contributed by atoms with E-state index in [2.05, 4.69) is 10.3 Å². The summed E-state index contributed by atoms with van der Waals surface area (Å²) in [6, 6.07) is 3.57. The van der Waals surface area contributed by atoms with Crippen LogP contribution in [0.4, 0.5) is 0 Å². The van der Waals surface area contributed by atoms with Crippen molar-refractivity contribution in [2.75, 3.05) is 6.61 Å². The summed E-state index contributed by atoms with van der Waals surface area (Å²) in [4.78, 5) is 16.4. The van der Waals surface area contributed by atoms with Crippen molar-refractivity contribution in [3.05, 3.63) is 22.8 Å². The molecule has 2 rings (SSSR count). The molecule has 0 unspecified atom stereocenters. The van der Waals surface area contributed by atoms with Gasteiger partial charge in [-0.05, 0) is 31.4 Å². The molecular weight excluding hydrogens is 276 g/mol. The Kier molecular flexibility index (Phi) is 5.65. The van der Waals surface area contributed by atoms with E-state index in [4.69, 9.17) is 16.3 Å². The van der Waals surface area contributed by atoms with Crippen LogP contribution in [0.25, 0.3) is 0 Å². The van der Waals surface area contributed by atoms with E-state index in [1.165, 1.54) is 19.3 Å². The summed E-state index contributed by atoms with van der Waals surface area (Å²) < 4.78 is 5.52. The molecule has 0 spiro atoms. The molecule has 1 aliphatic rings. The topological polar surface area (TPSA) is 51.2 Å². The lowest BCUT2D eigenvalue weighted by Crippen LogP contribution is -2.36. The fraction of sp³-hybridized carbons (Fsp3) is 0.600. The molecule has 0 aromatic carbocycles. The molecule has 0 atom stereocenters. The third-order valence-corrected chi connectivity index (χ3v) is 3.66. The van der Waals surface area contributed by atoms with Crippen LogP contribution in [0.5, 0.6) is 5.88 Å². The normalized spacial score (nSPS) is 15.9. The number of hydrogen-bond donors (Lipinski definition) is 1. The number of aromatic nitrogens is 1. The summed E-state index contributed by atoms with van der Waals surface area (Å²) in [6.45, 7) is 2.53. The third kappa shape index (κ3) is 4.10. The molecule has 1 saturated carbocycles. The van der Waals surface area contributed by atoms with Gasteiger partial charge in [0, 0.05) is 6.04 Å². The number of nitrogens with zero attached hydrogens (tertiary/aromatic N) is 1. The lowest BCUT2D eigenvalue weighted by molar-refractivity contribution is 0.0922. The first kappa shape index (κ1) is 15.1. The average Bonchev–Trinajstić information content (AvgIpc) is 2.46. The second-order valence-electron chi connectivity index (χ2n) is 5.14. The van der Waals surface area contributed by atoms with E-state index in [0.29, 0.717) is 23.2 Å². The van der Waals surface area contributed by atoms with Gasteiger partial charge in [-0.25, -0.2) is 4.98 Å². The smallest absolute Gasteiger partial charge is 0.256 e. The van der Waals surface area contributed by atoms with Gasteiger partial charge in [0.25, 0.3) is 5.91 Å². The fourth-order valence-corrected chi connectivity index (χ4v) is 2.55. The Labute approximate surface area is 124 Å². The van der Waals surface area contributed by atoms with Crippen molar-refractivity contribution in [3.8, 4) is 5.88 Å². The molecule has 1 aromatic rings. The number of carbonyl (C=O) groups excluding carboxylic acids is 1. The molecule has 0 aliphatic heterocycles. The molecule has 0 radical (unpaired) electrons. The van der Waals surface area contributed by atoms with Gasteiger partial charge in [-0.15, -0.1) is 0 Å². The molecule has 110 valence electrons. The van der Waals surface area contributed by atoms with Crippen LogP contribution >= 0.6 is 11.6 Å². The van der Waals surface area contributed by atoms with Gasteiger partial charge >= 0.3 is 0 Å². The number of amides is 1. The van der Waals surface area contributed by atoms with Crippen molar-refractivity contribution < 1.29 is 9.53 Å². The summed E-state index contributed by atoms with van der Waals surface area (Å²) >= 11 is 5.87. The summed E-state index contributed by atoms with van der Waals surface area (Å²) in [5.41, 5.74) is 0.466. The second kappa shape index (κ2) is 7.48. The Bertz CT molecular complexity index is 459. The fourth-order valence-electron chi connectivity index (χ4n) is 2.41. The van der Waals surface area contributed by atoms with E-state index in [-0.39, 0.29) is 11.9 Å². The van der Waals surface area contributed by atoms with Crippen LogP contribution in [-0.4, -0.2) is 23.5 Å². The first-order valence-corrected chi connectivity index (χ1v) is 7.68. The van der Waals surface area contributed by atoms with Gasteiger partial charge in [-0.3, -0.25) is 4.79 Å². The molecule has 1 amide bonds. The van der Waals surface area contributed by atoms with Crippen LogP contribution in [0.2, 0.25) is 5.15 Å². The van der Waals surface area contributed by atoms with Crippen molar-refractivity contribution in [2.45, 2.75) is 51.5 Å². The zero-order valence-electron chi connectivity index (χ0n) is 11.8. The lowest BCUT2D eigenvalue weighted by Gasteiger charge is -2.23. The zero-order chi connectivity index (χ0) is 14.4. The maximum absolute atomic E-state index is 12.3. The quantitative estimate of drug-likeness (QED) is 0.845. The van der Waals surface area contributed by atoms with E-state index < -0.39 is 0 Å². The SMILES string of the molecule is CCCOc1nc(Cl)ccc1C(=O)NC1CCCCC1. The Morgan fingerprint density at radius 1 is 1.40 bits per heavy atom. The summed E-state index contributed by atoms with van der Waals surface area (Å²) in [5, 5.41) is 3.41. The Balaban J connectivity index is 2.07. The van der Waals surface area contributed by atoms with Gasteiger partial charge in [0.1, 0.15) is 10.7 Å². The monoisotopic (exact) mass is 296 g/mol. The molecule has 4 nitrogen and oxygen atoms in total. The van der Waals surface area contributed by atoms with Gasteiger partial charge in [0.15, 0.2) is 0 Å². The number of hydrogen-bond acceptors (Lipinski definition) is 3. The standard InChI is InChI=1S/C15H21ClN2O2/c1-2-10-20-15-12(8-9-13(16)18-15)14(19)17-11-6-4-3-5-7-11/h8-9,11H,2-7,10H2,1H3,(H,17,19). The van der Waals surface area contributed by atoms with Crippen LogP contribution < -0.4 is 10.1 Å². The minimum Gasteiger partial charge on any atom is -0.477 e. The number of nitrogens with one attached hydrogen (secondary N) is 1. The first-order chi connectivity index (χ1) is 9.70. The molecule has 1 fully saturated rings. The highest BCUT2D eigenvalue weighted by molar-refractivity contribution is 6.29. The maximum atomic E-state index is 12.3. The molecular formula is C15H21ClN2O2. The van der Waals surface area contributed by atoms with Gasteiger partial charge < -0.3 is 10.1 Å². The maximum Gasteiger partial charge on any atom is 0.256 e. The van der Waals surface area contributed by atoms with Crippen molar-refractivity contribution in [1.29, 1.82) is 0 Å². The van der Waals surface area contributed by atoms with E-state index in [9.17, 15) is 4.79 Å². The number of halogens is 1. The van der Waals surface area contributed by atoms with Gasteiger partial charge in [0.05, 0.1) is 6.61 Å². The second-order valence-corrected chi connectivity index (χ2v) is 5.53. The average molecular weight is 297 g/mol. The van der Waals surface area contributed by atoms with Crippen LogP contribution in [0, 0.1) is 0 Å². The number of carbonyl (C=O) groups is 1. The van der Waals surface area contributed by atoms with E-state index in [1.54, 1.807) is 12.1 Å². The summed E-state index contributed by atoms with van der Waals surface area (Å²) in [5.74, 6) is 0.208. The molecule has 5 heteroatoms. The Morgan fingerprint density at radius 2 is 2.15 bits per heavy atom. The zero-order valence-corrected chi connectivity index (χ0v) is 12.6. The molecule has 0 bridgehead atoms. The summed E-state index contributed by atoms with van der Waals surface area (Å²) in [7, 11) is 0. The predicted molar refractivity (Wildman–Crippen MR) is 79.4 cm³/mol. The molecule has 1 N–H and O–H groups in total. The van der Waals surface area contributed by atoms with E-state index in [0.717, 1.165) is 19.3 Å². The highest BCUT2D eigenvalue weighted by Gasteiger charge is 2.20. The van der Waals surface area contributed by atoms with Crippen molar-refractivity contribution in [3.63, 3.8) is 0 Å². The number of pyridine rings is 1. The van der Waals surface area contributed by atoms with Crippen LogP contribution in [0.3, 0.4) is 0 Å².